The van der Waals surface area contributed by atoms with Gasteiger partial charge in [0, 0.05) is 5.39 Å². The molecule has 0 atom stereocenters. The van der Waals surface area contributed by atoms with E-state index in [0.717, 1.165) is 4.52 Å². The van der Waals surface area contributed by atoms with Crippen molar-refractivity contribution in [3.8, 4) is 0 Å². The van der Waals surface area contributed by atoms with E-state index in [-0.39, 0.29) is 0 Å². The predicted molar refractivity (Wildman–Crippen MR) is 60.2 cm³/mol. The average Bonchev–Trinajstić information content (AvgIpc) is 2.68. The average molecular weight is 251 g/mol. The summed E-state index contributed by atoms with van der Waals surface area (Å²) in [6.45, 7) is 1.65. The fourth-order valence-electron chi connectivity index (χ4n) is 1.99. The van der Waals surface area contributed by atoms with Crippen molar-refractivity contribution in [2.75, 3.05) is 0 Å². The largest absolute Gasteiger partial charge is 0.451 e. The van der Waals surface area contributed by atoms with Crippen LogP contribution >= 0.6 is 0 Å². The summed E-state index contributed by atoms with van der Waals surface area (Å²) >= 11 is 0. The highest BCUT2D eigenvalue weighted by Gasteiger charge is 2.36. The molecule has 18 heavy (non-hydrogen) atoms. The molecule has 0 radical (unpaired) electrons. The van der Waals surface area contributed by atoms with Crippen LogP contribution in [0.1, 0.15) is 11.5 Å². The van der Waals surface area contributed by atoms with Gasteiger partial charge in [-0.3, -0.25) is 0 Å². The minimum absolute atomic E-state index is 0.317. The first kappa shape index (κ1) is 11.0. The summed E-state index contributed by atoms with van der Waals surface area (Å²) in [7, 11) is 0. The molecule has 0 aliphatic rings. The van der Waals surface area contributed by atoms with E-state index in [2.05, 4.69) is 10.1 Å². The van der Waals surface area contributed by atoms with Crippen molar-refractivity contribution >= 4 is 16.4 Å². The van der Waals surface area contributed by atoms with E-state index < -0.39 is 12.0 Å². The van der Waals surface area contributed by atoms with Gasteiger partial charge in [0.05, 0.1) is 16.7 Å². The number of hydrogen-bond acceptors (Lipinski definition) is 2. The van der Waals surface area contributed by atoms with Crippen molar-refractivity contribution in [1.29, 1.82) is 0 Å². The summed E-state index contributed by atoms with van der Waals surface area (Å²) < 4.78 is 39.7. The highest BCUT2D eigenvalue weighted by atomic mass is 19.4. The Labute approximate surface area is 99.9 Å². The molecule has 1 aromatic carbocycles. The lowest BCUT2D eigenvalue weighted by Gasteiger charge is -2.09. The lowest BCUT2D eigenvalue weighted by atomic mass is 10.2. The van der Waals surface area contributed by atoms with Gasteiger partial charge < -0.3 is 0 Å². The van der Waals surface area contributed by atoms with Crippen molar-refractivity contribution in [2.24, 2.45) is 0 Å². The zero-order chi connectivity index (χ0) is 12.9. The second kappa shape index (κ2) is 3.44. The minimum atomic E-state index is -4.53. The monoisotopic (exact) mass is 251 g/mol. The molecule has 0 N–H and O–H groups in total. The maximum absolute atomic E-state index is 12.9. The number of aromatic nitrogens is 3. The normalized spacial score (nSPS) is 12.4. The number of benzene rings is 1. The number of para-hydroxylation sites is 1. The van der Waals surface area contributed by atoms with Crippen LogP contribution in [0.4, 0.5) is 13.2 Å². The van der Waals surface area contributed by atoms with Gasteiger partial charge >= 0.3 is 6.18 Å². The van der Waals surface area contributed by atoms with E-state index in [1.54, 1.807) is 37.3 Å². The Bertz CT molecular complexity index is 743. The molecule has 0 unspecified atom stereocenters. The molecule has 0 aliphatic carbocycles. The van der Waals surface area contributed by atoms with Gasteiger partial charge in [0.25, 0.3) is 0 Å². The van der Waals surface area contributed by atoms with E-state index in [9.17, 15) is 13.2 Å². The quantitative estimate of drug-likeness (QED) is 0.614. The van der Waals surface area contributed by atoms with Crippen LogP contribution in [-0.4, -0.2) is 14.6 Å². The Hall–Kier alpha value is -2.11. The van der Waals surface area contributed by atoms with E-state index in [4.69, 9.17) is 0 Å². The molecule has 0 bridgehead atoms. The summed E-state index contributed by atoms with van der Waals surface area (Å²) in [6.07, 6.45) is -4.53. The Morgan fingerprint density at radius 3 is 2.61 bits per heavy atom. The maximum Gasteiger partial charge on any atom is 0.451 e. The highest BCUT2D eigenvalue weighted by molar-refractivity contribution is 5.93. The first-order valence-corrected chi connectivity index (χ1v) is 5.29. The molecule has 3 rings (SSSR count). The SMILES string of the molecule is Cc1cc2c3ccccc3nc(C(F)(F)F)n2n1. The van der Waals surface area contributed by atoms with E-state index in [1.807, 2.05) is 0 Å². The third-order valence-electron chi connectivity index (χ3n) is 2.69. The number of hydrogen-bond donors (Lipinski definition) is 0. The molecule has 0 fully saturated rings. The molecule has 0 saturated heterocycles. The topological polar surface area (TPSA) is 30.2 Å². The van der Waals surface area contributed by atoms with Crippen LogP contribution in [-0.2, 0) is 6.18 Å². The van der Waals surface area contributed by atoms with Crippen LogP contribution in [0.2, 0.25) is 0 Å². The molecule has 0 saturated carbocycles. The summed E-state index contributed by atoms with van der Waals surface area (Å²) in [4.78, 5) is 3.66. The molecule has 3 nitrogen and oxygen atoms in total. The predicted octanol–water partition coefficient (Wildman–Crippen LogP) is 3.21. The Morgan fingerprint density at radius 2 is 1.89 bits per heavy atom. The van der Waals surface area contributed by atoms with Crippen molar-refractivity contribution in [3.63, 3.8) is 0 Å². The van der Waals surface area contributed by atoms with Crippen molar-refractivity contribution in [1.82, 2.24) is 14.6 Å². The molecule has 0 aliphatic heterocycles. The molecule has 6 heteroatoms. The van der Waals surface area contributed by atoms with Crippen molar-refractivity contribution in [2.45, 2.75) is 13.1 Å². The lowest BCUT2D eigenvalue weighted by Crippen LogP contribution is -2.15. The van der Waals surface area contributed by atoms with E-state index >= 15 is 0 Å². The summed E-state index contributed by atoms with van der Waals surface area (Å²) in [6, 6.07) is 8.35. The van der Waals surface area contributed by atoms with Crippen LogP contribution in [0.15, 0.2) is 30.3 Å². The maximum atomic E-state index is 12.9. The van der Waals surface area contributed by atoms with Crippen molar-refractivity contribution < 1.29 is 13.2 Å². The standard InChI is InChI=1S/C12H8F3N3/c1-7-6-10-8-4-2-3-5-9(8)16-11(12(13,14)15)18(10)17-7/h2-6H,1H3. The zero-order valence-corrected chi connectivity index (χ0v) is 9.36. The lowest BCUT2D eigenvalue weighted by molar-refractivity contribution is -0.146. The molecule has 92 valence electrons. The molecule has 0 amide bonds. The number of nitrogens with zero attached hydrogens (tertiary/aromatic N) is 3. The van der Waals surface area contributed by atoms with Gasteiger partial charge in [-0.15, -0.1) is 0 Å². The minimum Gasteiger partial charge on any atom is -0.224 e. The molecule has 0 spiro atoms. The van der Waals surface area contributed by atoms with Crippen LogP contribution in [0, 0.1) is 6.92 Å². The first-order valence-electron chi connectivity index (χ1n) is 5.29. The summed E-state index contributed by atoms with van der Waals surface area (Å²) in [5.74, 6) is -0.996. The zero-order valence-electron chi connectivity index (χ0n) is 9.36. The third-order valence-corrected chi connectivity index (χ3v) is 2.69. The fraction of sp³-hybridized carbons (Fsp3) is 0.167. The first-order chi connectivity index (χ1) is 8.47. The Balaban J connectivity index is 2.54. The van der Waals surface area contributed by atoms with Crippen LogP contribution < -0.4 is 0 Å². The van der Waals surface area contributed by atoms with Crippen LogP contribution in [0.25, 0.3) is 16.4 Å². The molecule has 2 heterocycles. The van der Waals surface area contributed by atoms with Crippen LogP contribution in [0.5, 0.6) is 0 Å². The fourth-order valence-corrected chi connectivity index (χ4v) is 1.99. The number of alkyl halides is 3. The molecule has 3 aromatic rings. The smallest absolute Gasteiger partial charge is 0.224 e. The second-order valence-electron chi connectivity index (χ2n) is 4.03. The van der Waals surface area contributed by atoms with Crippen LogP contribution in [0.3, 0.4) is 0 Å². The van der Waals surface area contributed by atoms with Gasteiger partial charge in [-0.05, 0) is 19.1 Å². The Kier molecular flexibility index (Phi) is 2.10. The number of fused-ring (bicyclic) bond motifs is 3. The molecular formula is C12H8F3N3. The highest BCUT2D eigenvalue weighted by Crippen LogP contribution is 2.31. The van der Waals surface area contributed by atoms with Gasteiger partial charge in [-0.25, -0.2) is 9.50 Å². The van der Waals surface area contributed by atoms with E-state index in [1.165, 1.54) is 0 Å². The van der Waals surface area contributed by atoms with Gasteiger partial charge in [0.15, 0.2) is 0 Å². The number of halogens is 3. The van der Waals surface area contributed by atoms with E-state index in [0.29, 0.717) is 22.1 Å². The second-order valence-corrected chi connectivity index (χ2v) is 4.03. The molecule has 2 aromatic heterocycles. The number of rotatable bonds is 0. The molecular weight excluding hydrogens is 243 g/mol. The van der Waals surface area contributed by atoms with Gasteiger partial charge in [-0.1, -0.05) is 18.2 Å². The van der Waals surface area contributed by atoms with Crippen molar-refractivity contribution in [3.05, 3.63) is 41.9 Å². The summed E-state index contributed by atoms with van der Waals surface area (Å²) in [5, 5.41) is 4.52. The van der Waals surface area contributed by atoms with Gasteiger partial charge in [0.2, 0.25) is 5.82 Å². The summed E-state index contributed by atoms with van der Waals surface area (Å²) in [5.41, 5.74) is 1.27. The van der Waals surface area contributed by atoms with Gasteiger partial charge in [-0.2, -0.15) is 18.3 Å². The third kappa shape index (κ3) is 1.53. The van der Waals surface area contributed by atoms with Gasteiger partial charge in [0.1, 0.15) is 0 Å². The Morgan fingerprint density at radius 1 is 1.17 bits per heavy atom. The number of aryl methyl sites for hydroxylation is 1.